The van der Waals surface area contributed by atoms with Crippen LogP contribution in [0.25, 0.3) is 0 Å². The molecule has 0 radical (unpaired) electrons. The van der Waals surface area contributed by atoms with Gasteiger partial charge in [0.2, 0.25) is 0 Å². The first kappa shape index (κ1) is 16.5. The van der Waals surface area contributed by atoms with Crippen molar-refractivity contribution in [2.24, 2.45) is 5.41 Å². The summed E-state index contributed by atoms with van der Waals surface area (Å²) in [5.74, 6) is 0.481. The van der Waals surface area contributed by atoms with E-state index in [4.69, 9.17) is 0 Å². The highest BCUT2D eigenvalue weighted by molar-refractivity contribution is 5.55. The van der Waals surface area contributed by atoms with Gasteiger partial charge in [-0.25, -0.2) is 0 Å². The Balaban J connectivity index is 2.57. The number of aliphatic hydroxyl groups is 2. The summed E-state index contributed by atoms with van der Waals surface area (Å²) in [6.45, 7) is 14.5. The summed E-state index contributed by atoms with van der Waals surface area (Å²) >= 11 is 0. The molecule has 21 heavy (non-hydrogen) atoms. The number of fused-ring (bicyclic) bond motifs is 1. The van der Waals surface area contributed by atoms with Crippen molar-refractivity contribution in [3.05, 3.63) is 34.9 Å². The normalized spacial score (nSPS) is 25.4. The Labute approximate surface area is 129 Å². The molecule has 2 atom stereocenters. The first-order valence-corrected chi connectivity index (χ1v) is 8.07. The van der Waals surface area contributed by atoms with Crippen LogP contribution in [0.2, 0.25) is 0 Å². The van der Waals surface area contributed by atoms with E-state index in [0.717, 1.165) is 5.56 Å². The van der Waals surface area contributed by atoms with Crippen LogP contribution >= 0.6 is 0 Å². The van der Waals surface area contributed by atoms with Crippen LogP contribution < -0.4 is 0 Å². The number of hydrogen-bond acceptors (Lipinski definition) is 2. The third kappa shape index (κ3) is 1.92. The summed E-state index contributed by atoms with van der Waals surface area (Å²) in [6, 6.07) is 6.39. The summed E-state index contributed by atoms with van der Waals surface area (Å²) in [7, 11) is 0. The van der Waals surface area contributed by atoms with Gasteiger partial charge in [-0.05, 0) is 29.0 Å². The Hall–Kier alpha value is -0.860. The average molecular weight is 290 g/mol. The molecule has 2 nitrogen and oxygen atoms in total. The highest BCUT2D eigenvalue weighted by atomic mass is 16.3. The van der Waals surface area contributed by atoms with Gasteiger partial charge in [0.15, 0.2) is 0 Å². The van der Waals surface area contributed by atoms with Gasteiger partial charge in [0.25, 0.3) is 0 Å². The van der Waals surface area contributed by atoms with Crippen molar-refractivity contribution >= 4 is 0 Å². The Morgan fingerprint density at radius 1 is 1.14 bits per heavy atom. The maximum absolute atomic E-state index is 11.5. The molecule has 0 saturated heterocycles. The SMILES string of the molecule is CC[C@H](O)C(C)(C)[C@@]1(O)c2ccc(C(C)C)cc2C1(C)C. The predicted octanol–water partition coefficient (Wildman–Crippen LogP) is 4.09. The van der Waals surface area contributed by atoms with Gasteiger partial charge in [-0.15, -0.1) is 0 Å². The lowest BCUT2D eigenvalue weighted by molar-refractivity contribution is -0.191. The van der Waals surface area contributed by atoms with Crippen LogP contribution in [0.4, 0.5) is 0 Å². The molecule has 1 aromatic rings. The monoisotopic (exact) mass is 290 g/mol. The Bertz CT molecular complexity index is 542. The van der Waals surface area contributed by atoms with Crippen molar-refractivity contribution in [2.75, 3.05) is 0 Å². The van der Waals surface area contributed by atoms with Crippen molar-refractivity contribution < 1.29 is 10.2 Å². The topological polar surface area (TPSA) is 40.5 Å². The van der Waals surface area contributed by atoms with Crippen LogP contribution in [0.3, 0.4) is 0 Å². The van der Waals surface area contributed by atoms with Gasteiger partial charge in [0, 0.05) is 10.8 Å². The van der Waals surface area contributed by atoms with Crippen LogP contribution in [0.15, 0.2) is 18.2 Å². The molecule has 2 rings (SSSR count). The minimum Gasteiger partial charge on any atom is -0.392 e. The molecule has 0 fully saturated rings. The fraction of sp³-hybridized carbons (Fsp3) is 0.684. The van der Waals surface area contributed by atoms with E-state index in [9.17, 15) is 10.2 Å². The highest BCUT2D eigenvalue weighted by Crippen LogP contribution is 2.63. The van der Waals surface area contributed by atoms with Crippen LogP contribution in [0, 0.1) is 5.41 Å². The quantitative estimate of drug-likeness (QED) is 0.877. The molecule has 0 spiro atoms. The summed E-state index contributed by atoms with van der Waals surface area (Å²) in [4.78, 5) is 0. The van der Waals surface area contributed by atoms with Crippen LogP contribution in [-0.4, -0.2) is 16.3 Å². The third-order valence-corrected chi connectivity index (χ3v) is 5.83. The van der Waals surface area contributed by atoms with Gasteiger partial charge in [0.05, 0.1) is 6.10 Å². The molecule has 0 bridgehead atoms. The molecule has 1 aliphatic carbocycles. The first-order valence-electron chi connectivity index (χ1n) is 8.07. The van der Waals surface area contributed by atoms with Gasteiger partial charge < -0.3 is 10.2 Å². The van der Waals surface area contributed by atoms with E-state index in [0.29, 0.717) is 12.3 Å². The van der Waals surface area contributed by atoms with Crippen molar-refractivity contribution in [1.29, 1.82) is 0 Å². The van der Waals surface area contributed by atoms with E-state index in [1.165, 1.54) is 11.1 Å². The molecule has 0 saturated carbocycles. The zero-order valence-corrected chi connectivity index (χ0v) is 14.5. The summed E-state index contributed by atoms with van der Waals surface area (Å²) in [6.07, 6.45) is 0.116. The second-order valence-corrected chi connectivity index (χ2v) is 7.94. The number of hydrogen-bond donors (Lipinski definition) is 2. The first-order chi connectivity index (χ1) is 9.51. The summed E-state index contributed by atoms with van der Waals surface area (Å²) in [5, 5.41) is 21.9. The Morgan fingerprint density at radius 3 is 2.19 bits per heavy atom. The van der Waals surface area contributed by atoms with E-state index in [2.05, 4.69) is 45.9 Å². The molecular formula is C19H30O2. The van der Waals surface area contributed by atoms with Crippen LogP contribution in [-0.2, 0) is 11.0 Å². The van der Waals surface area contributed by atoms with E-state index in [1.54, 1.807) is 0 Å². The lowest BCUT2D eigenvalue weighted by Gasteiger charge is -2.62. The van der Waals surface area contributed by atoms with Gasteiger partial charge >= 0.3 is 0 Å². The molecule has 0 aliphatic heterocycles. The molecule has 0 heterocycles. The standard InChI is InChI=1S/C19H30O2/c1-8-16(20)18(6,7)19(21)14-10-9-13(12(2)3)11-15(14)17(19,4)5/h9-12,16,20-21H,8H2,1-7H3/t16-,19+/m0/s1. The van der Waals surface area contributed by atoms with Crippen LogP contribution in [0.1, 0.15) is 77.5 Å². The number of benzene rings is 1. The molecule has 1 aromatic carbocycles. The van der Waals surface area contributed by atoms with Crippen molar-refractivity contribution in [2.45, 2.75) is 77.9 Å². The van der Waals surface area contributed by atoms with E-state index < -0.39 is 17.1 Å². The molecular weight excluding hydrogens is 260 g/mol. The fourth-order valence-electron chi connectivity index (χ4n) is 4.13. The van der Waals surface area contributed by atoms with E-state index >= 15 is 0 Å². The average Bonchev–Trinajstić information content (AvgIpc) is 2.44. The third-order valence-electron chi connectivity index (χ3n) is 5.83. The minimum absolute atomic E-state index is 0.354. The minimum atomic E-state index is -1.000. The Morgan fingerprint density at radius 2 is 1.71 bits per heavy atom. The zero-order chi connectivity index (χ0) is 16.2. The molecule has 118 valence electrons. The molecule has 1 aliphatic rings. The van der Waals surface area contributed by atoms with E-state index in [-0.39, 0.29) is 5.41 Å². The van der Waals surface area contributed by atoms with Gasteiger partial charge in [-0.3, -0.25) is 0 Å². The number of aliphatic hydroxyl groups excluding tert-OH is 1. The molecule has 0 amide bonds. The summed E-state index contributed by atoms with van der Waals surface area (Å²) < 4.78 is 0. The highest BCUT2D eigenvalue weighted by Gasteiger charge is 2.65. The smallest absolute Gasteiger partial charge is 0.106 e. The van der Waals surface area contributed by atoms with Crippen molar-refractivity contribution in [3.8, 4) is 0 Å². The Kier molecular flexibility index (Phi) is 3.79. The summed E-state index contributed by atoms with van der Waals surface area (Å²) in [5.41, 5.74) is 1.56. The van der Waals surface area contributed by atoms with Crippen molar-refractivity contribution in [3.63, 3.8) is 0 Å². The fourth-order valence-corrected chi connectivity index (χ4v) is 4.13. The second kappa shape index (κ2) is 4.82. The molecule has 2 N–H and O–H groups in total. The molecule has 0 aromatic heterocycles. The maximum Gasteiger partial charge on any atom is 0.106 e. The second-order valence-electron chi connectivity index (χ2n) is 7.94. The lowest BCUT2D eigenvalue weighted by Crippen LogP contribution is -2.65. The molecule has 2 heteroatoms. The lowest BCUT2D eigenvalue weighted by atomic mass is 9.45. The molecule has 0 unspecified atom stereocenters. The van der Waals surface area contributed by atoms with E-state index in [1.807, 2.05) is 20.8 Å². The largest absolute Gasteiger partial charge is 0.392 e. The van der Waals surface area contributed by atoms with Gasteiger partial charge in [-0.1, -0.05) is 66.7 Å². The van der Waals surface area contributed by atoms with Gasteiger partial charge in [-0.2, -0.15) is 0 Å². The maximum atomic E-state index is 11.5. The van der Waals surface area contributed by atoms with Crippen molar-refractivity contribution in [1.82, 2.24) is 0 Å². The number of rotatable bonds is 4. The zero-order valence-electron chi connectivity index (χ0n) is 14.5. The van der Waals surface area contributed by atoms with Crippen LogP contribution in [0.5, 0.6) is 0 Å². The van der Waals surface area contributed by atoms with Gasteiger partial charge in [0.1, 0.15) is 5.60 Å². The predicted molar refractivity (Wildman–Crippen MR) is 87.5 cm³/mol.